The van der Waals surface area contributed by atoms with Crippen molar-refractivity contribution in [2.45, 2.75) is 39.2 Å². The first-order valence-corrected chi connectivity index (χ1v) is 7.99. The minimum Gasteiger partial charge on any atom is -0.332 e. The maximum atomic E-state index is 13.2. The van der Waals surface area contributed by atoms with Gasteiger partial charge < -0.3 is 10.2 Å². The van der Waals surface area contributed by atoms with Gasteiger partial charge in [-0.15, -0.1) is 12.4 Å². The molecule has 1 unspecified atom stereocenters. The smallest absolute Gasteiger partial charge is 0.262 e. The molecule has 1 aromatic rings. The van der Waals surface area contributed by atoms with Crippen molar-refractivity contribution >= 4 is 29.9 Å². The van der Waals surface area contributed by atoms with Crippen LogP contribution < -0.4 is 10.6 Å². The summed E-state index contributed by atoms with van der Waals surface area (Å²) in [5.74, 6) is -3.68. The predicted molar refractivity (Wildman–Crippen MR) is 95.4 cm³/mol. The number of nitrogens with one attached hydrogen (secondary N) is 2. The third kappa shape index (κ3) is 5.37. The summed E-state index contributed by atoms with van der Waals surface area (Å²) in [5, 5.41) is 5.33. The van der Waals surface area contributed by atoms with E-state index in [1.165, 1.54) is 4.90 Å². The summed E-state index contributed by atoms with van der Waals surface area (Å²) in [6, 6.07) is 4.73. The summed E-state index contributed by atoms with van der Waals surface area (Å²) in [7, 11) is 0. The summed E-state index contributed by atoms with van der Waals surface area (Å²) in [5.41, 5.74) is 2.57. The second-order valence-corrected chi connectivity index (χ2v) is 6.16. The Morgan fingerprint density at radius 3 is 2.40 bits per heavy atom. The molecule has 1 heterocycles. The van der Waals surface area contributed by atoms with Gasteiger partial charge in [0.1, 0.15) is 0 Å². The number of anilines is 1. The van der Waals surface area contributed by atoms with Gasteiger partial charge in [0, 0.05) is 18.7 Å². The van der Waals surface area contributed by atoms with Crippen molar-refractivity contribution in [1.29, 1.82) is 0 Å². The van der Waals surface area contributed by atoms with Gasteiger partial charge in [-0.1, -0.05) is 18.2 Å². The lowest BCUT2D eigenvalue weighted by Gasteiger charge is -2.24. The lowest BCUT2D eigenvalue weighted by atomic mass is 10.1. The molecule has 5 nitrogen and oxygen atoms in total. The molecular formula is C17H24ClF2N3O2. The first-order valence-electron chi connectivity index (χ1n) is 7.99. The van der Waals surface area contributed by atoms with Crippen LogP contribution in [0.2, 0.25) is 0 Å². The molecule has 25 heavy (non-hydrogen) atoms. The van der Waals surface area contributed by atoms with Crippen LogP contribution in [0, 0.1) is 13.8 Å². The van der Waals surface area contributed by atoms with Crippen molar-refractivity contribution in [2.24, 2.45) is 0 Å². The Kier molecular flexibility index (Phi) is 7.31. The number of aryl methyl sites for hydroxylation is 2. The number of carbonyl (C=O) groups excluding carboxylic acids is 2. The number of halogens is 3. The molecule has 0 aliphatic carbocycles. The normalized spacial score (nSPS) is 18.4. The summed E-state index contributed by atoms with van der Waals surface area (Å²) in [6.45, 7) is 5.11. The van der Waals surface area contributed by atoms with Crippen LogP contribution in [0.25, 0.3) is 0 Å². The highest BCUT2D eigenvalue weighted by atomic mass is 35.5. The molecule has 140 valence electrons. The highest BCUT2D eigenvalue weighted by Crippen LogP contribution is 2.26. The Hall–Kier alpha value is -1.73. The molecule has 8 heteroatoms. The molecule has 1 saturated heterocycles. The van der Waals surface area contributed by atoms with Crippen LogP contribution in [-0.4, -0.2) is 48.3 Å². The summed E-state index contributed by atoms with van der Waals surface area (Å²) < 4.78 is 26.5. The maximum Gasteiger partial charge on any atom is 0.262 e. The summed E-state index contributed by atoms with van der Waals surface area (Å²) >= 11 is 0. The van der Waals surface area contributed by atoms with Crippen LogP contribution in [-0.2, 0) is 9.59 Å². The molecule has 1 aliphatic rings. The topological polar surface area (TPSA) is 61.4 Å². The van der Waals surface area contributed by atoms with Gasteiger partial charge in [-0.25, -0.2) is 8.78 Å². The Bertz CT molecular complexity index is 620. The van der Waals surface area contributed by atoms with Crippen LogP contribution in [0.15, 0.2) is 18.2 Å². The van der Waals surface area contributed by atoms with Crippen molar-refractivity contribution in [2.75, 3.05) is 25.0 Å². The van der Waals surface area contributed by atoms with Gasteiger partial charge in [-0.3, -0.25) is 14.9 Å². The number of nitrogens with zero attached hydrogens (tertiary/aromatic N) is 1. The van der Waals surface area contributed by atoms with E-state index in [1.54, 1.807) is 6.92 Å². The third-order valence-corrected chi connectivity index (χ3v) is 4.18. The zero-order valence-corrected chi connectivity index (χ0v) is 15.4. The number of rotatable bonds is 5. The Labute approximate surface area is 152 Å². The van der Waals surface area contributed by atoms with Gasteiger partial charge in [0.25, 0.3) is 5.92 Å². The molecule has 2 rings (SSSR count). The Morgan fingerprint density at radius 2 is 1.92 bits per heavy atom. The van der Waals surface area contributed by atoms with Crippen LogP contribution in [0.4, 0.5) is 14.5 Å². The monoisotopic (exact) mass is 375 g/mol. The molecule has 1 aromatic carbocycles. The number of likely N-dealkylation sites (N-methyl/N-ethyl adjacent to an activating group) is 1. The minimum absolute atomic E-state index is 0. The molecule has 0 bridgehead atoms. The fourth-order valence-electron chi connectivity index (χ4n) is 2.82. The Balaban J connectivity index is 0.00000312. The van der Waals surface area contributed by atoms with Gasteiger partial charge in [0.2, 0.25) is 11.8 Å². The molecule has 2 N–H and O–H groups in total. The second kappa shape index (κ2) is 8.58. The van der Waals surface area contributed by atoms with Crippen LogP contribution in [0.5, 0.6) is 0 Å². The van der Waals surface area contributed by atoms with Gasteiger partial charge in [0.15, 0.2) is 0 Å². The van der Waals surface area contributed by atoms with Crippen molar-refractivity contribution in [1.82, 2.24) is 10.2 Å². The predicted octanol–water partition coefficient (Wildman–Crippen LogP) is 2.51. The Morgan fingerprint density at radius 1 is 1.32 bits per heavy atom. The summed E-state index contributed by atoms with van der Waals surface area (Å²) in [6.07, 6.45) is -0.527. The average Bonchev–Trinajstić information content (AvgIpc) is 2.88. The third-order valence-electron chi connectivity index (χ3n) is 4.18. The molecule has 1 aliphatic heterocycles. The number of carbonyl (C=O) groups is 2. The van der Waals surface area contributed by atoms with Crippen LogP contribution in [0.1, 0.15) is 24.5 Å². The van der Waals surface area contributed by atoms with Gasteiger partial charge >= 0.3 is 0 Å². The standard InChI is InChI=1S/C17H23F2N3O2.ClH/c1-4-22(16(24)13-8-17(18,19)10-20-13)9-14(23)21-15-11(2)6-5-7-12(15)3;/h5-7,13,20H,4,8-10H2,1-3H3,(H,21,23);1H. The lowest BCUT2D eigenvalue weighted by Crippen LogP contribution is -2.46. The van der Waals surface area contributed by atoms with Gasteiger partial charge in [-0.05, 0) is 31.9 Å². The molecule has 2 amide bonds. The SMILES string of the molecule is CCN(CC(=O)Nc1c(C)cccc1C)C(=O)C1CC(F)(F)CN1.Cl. The second-order valence-electron chi connectivity index (χ2n) is 6.16. The zero-order valence-electron chi connectivity index (χ0n) is 14.6. The number of para-hydroxylation sites is 1. The first kappa shape index (κ1) is 21.3. The van der Waals surface area contributed by atoms with E-state index in [2.05, 4.69) is 10.6 Å². The quantitative estimate of drug-likeness (QED) is 0.831. The fraction of sp³-hybridized carbons (Fsp3) is 0.529. The van der Waals surface area contributed by atoms with E-state index in [1.807, 2.05) is 32.0 Å². The number of benzene rings is 1. The van der Waals surface area contributed by atoms with E-state index in [0.717, 1.165) is 16.8 Å². The number of amides is 2. The fourth-order valence-corrected chi connectivity index (χ4v) is 2.82. The van der Waals surface area contributed by atoms with E-state index >= 15 is 0 Å². The molecule has 0 aromatic heterocycles. The minimum atomic E-state index is -2.87. The largest absolute Gasteiger partial charge is 0.332 e. The molecule has 0 radical (unpaired) electrons. The van der Waals surface area contributed by atoms with E-state index in [9.17, 15) is 18.4 Å². The zero-order chi connectivity index (χ0) is 17.9. The molecule has 0 saturated carbocycles. The van der Waals surface area contributed by atoms with E-state index in [0.29, 0.717) is 0 Å². The van der Waals surface area contributed by atoms with Crippen molar-refractivity contribution < 1.29 is 18.4 Å². The number of hydrogen-bond donors (Lipinski definition) is 2. The number of alkyl halides is 2. The highest BCUT2D eigenvalue weighted by molar-refractivity contribution is 5.96. The van der Waals surface area contributed by atoms with Gasteiger partial charge in [-0.2, -0.15) is 0 Å². The van der Waals surface area contributed by atoms with Crippen molar-refractivity contribution in [3.05, 3.63) is 29.3 Å². The van der Waals surface area contributed by atoms with Crippen LogP contribution >= 0.6 is 12.4 Å². The van der Waals surface area contributed by atoms with Crippen molar-refractivity contribution in [3.63, 3.8) is 0 Å². The van der Waals surface area contributed by atoms with E-state index in [4.69, 9.17) is 0 Å². The van der Waals surface area contributed by atoms with E-state index in [-0.39, 0.29) is 31.4 Å². The van der Waals surface area contributed by atoms with Gasteiger partial charge in [0.05, 0.1) is 19.1 Å². The highest BCUT2D eigenvalue weighted by Gasteiger charge is 2.43. The molecule has 1 atom stereocenters. The summed E-state index contributed by atoms with van der Waals surface area (Å²) in [4.78, 5) is 25.9. The van der Waals surface area contributed by atoms with E-state index < -0.39 is 30.8 Å². The maximum absolute atomic E-state index is 13.2. The molecule has 0 spiro atoms. The number of hydrogen-bond acceptors (Lipinski definition) is 3. The average molecular weight is 376 g/mol. The molecular weight excluding hydrogens is 352 g/mol. The van der Waals surface area contributed by atoms with Crippen LogP contribution in [0.3, 0.4) is 0 Å². The first-order chi connectivity index (χ1) is 11.2. The van der Waals surface area contributed by atoms with Crippen molar-refractivity contribution in [3.8, 4) is 0 Å². The lowest BCUT2D eigenvalue weighted by molar-refractivity contribution is -0.136. The molecule has 1 fully saturated rings.